The minimum atomic E-state index is -4.81. The highest BCUT2D eigenvalue weighted by Crippen LogP contribution is 2.35. The maximum absolute atomic E-state index is 10.6. The molecular weight excluding hydrogens is 234 g/mol. The third-order valence-corrected chi connectivity index (χ3v) is 2.01. The van der Waals surface area contributed by atoms with E-state index in [1.807, 2.05) is 0 Å². The molecule has 2 atom stereocenters. The Labute approximate surface area is 85.4 Å². The van der Waals surface area contributed by atoms with Crippen molar-refractivity contribution in [3.8, 4) is 0 Å². The molecule has 0 aliphatic carbocycles. The second-order valence-corrected chi connectivity index (χ2v) is 4.11. The molecule has 0 amide bonds. The van der Waals surface area contributed by atoms with Gasteiger partial charge in [-0.1, -0.05) is 6.08 Å². The Morgan fingerprint density at radius 2 is 2.07 bits per heavy atom. The van der Waals surface area contributed by atoms with E-state index < -0.39 is 25.3 Å². The molecule has 82 valence electrons. The lowest BCUT2D eigenvalue weighted by molar-refractivity contribution is -0.130. The Balaban J connectivity index is 4.13. The van der Waals surface area contributed by atoms with Crippen LogP contribution in [-0.2, 0) is 13.9 Å². The summed E-state index contributed by atoms with van der Waals surface area (Å²) >= 11 is 5.49. The van der Waals surface area contributed by atoms with Crippen molar-refractivity contribution in [1.29, 1.82) is 0 Å². The first-order valence-corrected chi connectivity index (χ1v) is 5.48. The molecule has 0 aromatic carbocycles. The third kappa shape index (κ3) is 7.06. The van der Waals surface area contributed by atoms with Crippen LogP contribution in [0.25, 0.3) is 0 Å². The third-order valence-electron chi connectivity index (χ3n) is 1.09. The molecule has 6 nitrogen and oxygen atoms in total. The van der Waals surface area contributed by atoms with Gasteiger partial charge in [0.05, 0.1) is 11.5 Å². The number of phosphoric ester groups is 1. The fourth-order valence-corrected chi connectivity index (χ4v) is 0.847. The van der Waals surface area contributed by atoms with E-state index in [9.17, 15) is 9.36 Å². The number of hydrogen-bond acceptors (Lipinski definition) is 4. The molecule has 0 spiro atoms. The summed E-state index contributed by atoms with van der Waals surface area (Å²) in [7, 11) is -4.81. The minimum Gasteiger partial charge on any atom is -0.392 e. The van der Waals surface area contributed by atoms with E-state index in [-0.39, 0.29) is 0 Å². The lowest BCUT2D eigenvalue weighted by atomic mass is 10.2. The number of rotatable bonds is 4. The molecule has 0 saturated heterocycles. The van der Waals surface area contributed by atoms with Crippen molar-refractivity contribution in [1.82, 2.24) is 0 Å². The summed E-state index contributed by atoms with van der Waals surface area (Å²) in [6, 6.07) is 0. The molecular formula is C6H10ClO6P. The van der Waals surface area contributed by atoms with E-state index in [1.54, 1.807) is 0 Å². The van der Waals surface area contributed by atoms with Crippen LogP contribution in [0.2, 0.25) is 0 Å². The van der Waals surface area contributed by atoms with Gasteiger partial charge in [0.25, 0.3) is 0 Å². The molecule has 14 heavy (non-hydrogen) atoms. The fourth-order valence-electron chi connectivity index (χ4n) is 0.479. The van der Waals surface area contributed by atoms with Gasteiger partial charge in [0.1, 0.15) is 0 Å². The molecule has 0 aromatic heterocycles. The van der Waals surface area contributed by atoms with Crippen LogP contribution < -0.4 is 0 Å². The zero-order valence-electron chi connectivity index (χ0n) is 7.20. The standard InChI is InChI=1S/C6H10ClO6P/c1-4(8)5(7)2-3-6(9)13-14(10,11)12/h2-5,8H,1H3,(H2,10,11,12). The SMILES string of the molecule is CC(O)C(Cl)C=CC(=O)OP(=O)(O)O. The monoisotopic (exact) mass is 244 g/mol. The normalized spacial score (nSPS) is 16.6. The van der Waals surface area contributed by atoms with Gasteiger partial charge < -0.3 is 9.63 Å². The predicted octanol–water partition coefficient (Wildman–Crippen LogP) is 0.167. The van der Waals surface area contributed by atoms with Crippen molar-refractivity contribution in [3.05, 3.63) is 12.2 Å². The lowest BCUT2D eigenvalue weighted by Gasteiger charge is -2.06. The van der Waals surface area contributed by atoms with Gasteiger partial charge >= 0.3 is 13.8 Å². The van der Waals surface area contributed by atoms with E-state index in [0.717, 1.165) is 12.2 Å². The summed E-state index contributed by atoms with van der Waals surface area (Å²) in [6.45, 7) is 1.40. The van der Waals surface area contributed by atoms with Crippen molar-refractivity contribution in [2.75, 3.05) is 0 Å². The molecule has 2 unspecified atom stereocenters. The van der Waals surface area contributed by atoms with Crippen molar-refractivity contribution in [3.63, 3.8) is 0 Å². The largest absolute Gasteiger partial charge is 0.527 e. The van der Waals surface area contributed by atoms with Gasteiger partial charge in [-0.15, -0.1) is 11.6 Å². The maximum Gasteiger partial charge on any atom is 0.527 e. The summed E-state index contributed by atoms with van der Waals surface area (Å²) < 4.78 is 13.8. The van der Waals surface area contributed by atoms with Gasteiger partial charge in [0, 0.05) is 6.08 Å². The predicted molar refractivity (Wildman–Crippen MR) is 48.6 cm³/mol. The van der Waals surface area contributed by atoms with Crippen molar-refractivity contribution < 1.29 is 28.8 Å². The zero-order valence-corrected chi connectivity index (χ0v) is 8.85. The number of carbonyl (C=O) groups is 1. The van der Waals surface area contributed by atoms with Gasteiger partial charge in [-0.3, -0.25) is 9.79 Å². The van der Waals surface area contributed by atoms with Crippen molar-refractivity contribution >= 4 is 25.4 Å². The maximum atomic E-state index is 10.6. The van der Waals surface area contributed by atoms with Gasteiger partial charge in [-0.05, 0) is 6.92 Å². The van der Waals surface area contributed by atoms with Gasteiger partial charge in [0.15, 0.2) is 0 Å². The van der Waals surface area contributed by atoms with Crippen LogP contribution in [0.1, 0.15) is 6.92 Å². The number of hydrogen-bond donors (Lipinski definition) is 3. The molecule has 0 aliphatic rings. The Bertz CT molecular complexity index is 269. The Hall–Kier alpha value is -0.390. The Morgan fingerprint density at radius 1 is 1.57 bits per heavy atom. The topological polar surface area (TPSA) is 104 Å². The second kappa shape index (κ2) is 5.48. The van der Waals surface area contributed by atoms with Crippen LogP contribution in [-0.4, -0.2) is 32.3 Å². The van der Waals surface area contributed by atoms with Crippen LogP contribution in [0.4, 0.5) is 0 Å². The van der Waals surface area contributed by atoms with E-state index in [4.69, 9.17) is 26.5 Å². The molecule has 0 aromatic rings. The molecule has 3 N–H and O–H groups in total. The second-order valence-electron chi connectivity index (χ2n) is 2.45. The molecule has 0 bridgehead atoms. The smallest absolute Gasteiger partial charge is 0.392 e. The average molecular weight is 245 g/mol. The number of phosphoric acid groups is 1. The van der Waals surface area contributed by atoms with Crippen LogP contribution in [0, 0.1) is 0 Å². The summed E-state index contributed by atoms with van der Waals surface area (Å²) in [6.07, 6.45) is 0.934. The quantitative estimate of drug-likeness (QED) is 0.370. The number of carbonyl (C=O) groups excluding carboxylic acids is 1. The summed E-state index contributed by atoms with van der Waals surface area (Å²) in [4.78, 5) is 27.1. The first-order valence-electron chi connectivity index (χ1n) is 3.52. The Morgan fingerprint density at radius 3 is 2.43 bits per heavy atom. The van der Waals surface area contributed by atoms with Gasteiger partial charge in [-0.25, -0.2) is 9.36 Å². The summed E-state index contributed by atoms with van der Waals surface area (Å²) in [5.74, 6) is -1.22. The highest BCUT2D eigenvalue weighted by Gasteiger charge is 2.18. The van der Waals surface area contributed by atoms with Gasteiger partial charge in [-0.2, -0.15) is 0 Å². The number of aliphatic hydroxyl groups excluding tert-OH is 1. The molecule has 8 heteroatoms. The van der Waals surface area contributed by atoms with Crippen LogP contribution in [0.15, 0.2) is 12.2 Å². The highest BCUT2D eigenvalue weighted by molar-refractivity contribution is 7.46. The Kier molecular flexibility index (Phi) is 5.33. The minimum absolute atomic E-state index is 0.740. The van der Waals surface area contributed by atoms with E-state index >= 15 is 0 Å². The molecule has 0 fully saturated rings. The van der Waals surface area contributed by atoms with Crippen molar-refractivity contribution in [2.45, 2.75) is 18.4 Å². The van der Waals surface area contributed by atoms with E-state index in [2.05, 4.69) is 4.52 Å². The molecule has 0 rings (SSSR count). The average Bonchev–Trinajstić information content (AvgIpc) is 1.96. The molecule has 0 heterocycles. The highest BCUT2D eigenvalue weighted by atomic mass is 35.5. The van der Waals surface area contributed by atoms with E-state index in [0.29, 0.717) is 0 Å². The van der Waals surface area contributed by atoms with E-state index in [1.165, 1.54) is 6.92 Å². The van der Waals surface area contributed by atoms with Gasteiger partial charge in [0.2, 0.25) is 0 Å². The first kappa shape index (κ1) is 13.6. The number of alkyl halides is 1. The molecule has 0 radical (unpaired) electrons. The number of halogens is 1. The zero-order chi connectivity index (χ0) is 11.4. The first-order chi connectivity index (χ1) is 6.22. The number of aliphatic hydroxyl groups is 1. The van der Waals surface area contributed by atoms with Crippen LogP contribution in [0.5, 0.6) is 0 Å². The molecule has 0 aliphatic heterocycles. The van der Waals surface area contributed by atoms with Crippen molar-refractivity contribution in [2.24, 2.45) is 0 Å². The lowest BCUT2D eigenvalue weighted by Crippen LogP contribution is -2.14. The summed E-state index contributed by atoms with van der Waals surface area (Å²) in [5, 5.41) is 8.06. The van der Waals surface area contributed by atoms with Crippen LogP contribution >= 0.6 is 19.4 Å². The summed E-state index contributed by atoms with van der Waals surface area (Å²) in [5.41, 5.74) is 0. The van der Waals surface area contributed by atoms with Crippen LogP contribution in [0.3, 0.4) is 0 Å². The molecule has 0 saturated carbocycles. The fraction of sp³-hybridized carbons (Fsp3) is 0.500.